The van der Waals surface area contributed by atoms with Crippen LogP contribution in [0.15, 0.2) is 30.3 Å². The van der Waals surface area contributed by atoms with Gasteiger partial charge in [-0.1, -0.05) is 18.2 Å². The number of anilines is 1. The van der Waals surface area contributed by atoms with Crippen LogP contribution in [0.25, 0.3) is 0 Å². The van der Waals surface area contributed by atoms with Crippen molar-refractivity contribution in [2.45, 2.75) is 18.9 Å². The monoisotopic (exact) mass is 247 g/mol. The second kappa shape index (κ2) is 5.98. The number of nitrogens with zero attached hydrogens (tertiary/aromatic N) is 2. The number of amides is 1. The smallest absolute Gasteiger partial charge is 0.240 e. The van der Waals surface area contributed by atoms with E-state index in [1.165, 1.54) is 0 Å². The third kappa shape index (κ3) is 3.31. The summed E-state index contributed by atoms with van der Waals surface area (Å²) in [5.74, 6) is 0.121. The average molecular weight is 247 g/mol. The van der Waals surface area contributed by atoms with Gasteiger partial charge in [0.05, 0.1) is 6.54 Å². The van der Waals surface area contributed by atoms with Crippen LogP contribution in [-0.4, -0.2) is 43.5 Å². The van der Waals surface area contributed by atoms with Crippen LogP contribution in [0.2, 0.25) is 0 Å². The topological polar surface area (TPSA) is 49.6 Å². The van der Waals surface area contributed by atoms with E-state index in [9.17, 15) is 4.79 Å². The summed E-state index contributed by atoms with van der Waals surface area (Å²) in [7, 11) is 1.82. The lowest BCUT2D eigenvalue weighted by atomic mass is 10.1. The Hall–Kier alpha value is -1.39. The van der Waals surface area contributed by atoms with E-state index >= 15 is 0 Å². The Morgan fingerprint density at radius 2 is 2.17 bits per heavy atom. The molecule has 0 aromatic heterocycles. The second-order valence-electron chi connectivity index (χ2n) is 4.93. The van der Waals surface area contributed by atoms with E-state index in [4.69, 9.17) is 5.73 Å². The fourth-order valence-electron chi connectivity index (χ4n) is 2.33. The molecule has 1 unspecified atom stereocenters. The molecule has 0 aliphatic carbocycles. The van der Waals surface area contributed by atoms with Gasteiger partial charge in [-0.15, -0.1) is 0 Å². The van der Waals surface area contributed by atoms with Crippen molar-refractivity contribution in [3.05, 3.63) is 30.3 Å². The lowest BCUT2D eigenvalue weighted by Crippen LogP contribution is -2.47. The summed E-state index contributed by atoms with van der Waals surface area (Å²) in [6, 6.07) is 9.94. The number of likely N-dealkylation sites (tertiary alicyclic amines) is 1. The zero-order valence-corrected chi connectivity index (χ0v) is 10.9. The Morgan fingerprint density at radius 3 is 2.83 bits per heavy atom. The lowest BCUT2D eigenvalue weighted by Gasteiger charge is -2.31. The predicted molar refractivity (Wildman–Crippen MR) is 73.5 cm³/mol. The number of hydrogen-bond acceptors (Lipinski definition) is 3. The van der Waals surface area contributed by atoms with Gasteiger partial charge in [-0.2, -0.15) is 0 Å². The Morgan fingerprint density at radius 1 is 1.44 bits per heavy atom. The number of para-hydroxylation sites is 1. The second-order valence-corrected chi connectivity index (χ2v) is 4.93. The molecule has 1 heterocycles. The quantitative estimate of drug-likeness (QED) is 0.869. The van der Waals surface area contributed by atoms with Gasteiger partial charge < -0.3 is 10.6 Å². The van der Waals surface area contributed by atoms with E-state index in [2.05, 4.69) is 4.90 Å². The van der Waals surface area contributed by atoms with E-state index in [1.54, 1.807) is 4.90 Å². The highest BCUT2D eigenvalue weighted by atomic mass is 16.2. The van der Waals surface area contributed by atoms with Gasteiger partial charge >= 0.3 is 0 Å². The molecule has 1 saturated heterocycles. The normalized spacial score (nSPS) is 20.7. The van der Waals surface area contributed by atoms with Gasteiger partial charge in [-0.3, -0.25) is 9.69 Å². The first-order chi connectivity index (χ1) is 8.66. The molecule has 1 fully saturated rings. The van der Waals surface area contributed by atoms with Crippen LogP contribution in [0.3, 0.4) is 0 Å². The summed E-state index contributed by atoms with van der Waals surface area (Å²) in [5.41, 5.74) is 6.86. The molecule has 1 aliphatic heterocycles. The molecule has 2 N–H and O–H groups in total. The van der Waals surface area contributed by atoms with Gasteiger partial charge in [-0.05, 0) is 31.5 Å². The van der Waals surface area contributed by atoms with Gasteiger partial charge in [0.15, 0.2) is 0 Å². The zero-order chi connectivity index (χ0) is 13.0. The van der Waals surface area contributed by atoms with Crippen molar-refractivity contribution in [1.82, 2.24) is 4.90 Å². The van der Waals surface area contributed by atoms with Crippen LogP contribution in [-0.2, 0) is 4.79 Å². The van der Waals surface area contributed by atoms with Crippen molar-refractivity contribution in [2.24, 2.45) is 5.73 Å². The first-order valence-corrected chi connectivity index (χ1v) is 6.46. The Balaban J connectivity index is 1.91. The first-order valence-electron chi connectivity index (χ1n) is 6.46. The Kier molecular flexibility index (Phi) is 4.33. The van der Waals surface area contributed by atoms with Crippen LogP contribution in [0.4, 0.5) is 5.69 Å². The van der Waals surface area contributed by atoms with Crippen molar-refractivity contribution in [3.63, 3.8) is 0 Å². The van der Waals surface area contributed by atoms with Gasteiger partial charge in [0.25, 0.3) is 0 Å². The lowest BCUT2D eigenvalue weighted by molar-refractivity contribution is -0.119. The summed E-state index contributed by atoms with van der Waals surface area (Å²) in [6.45, 7) is 2.26. The third-order valence-corrected chi connectivity index (χ3v) is 3.42. The SMILES string of the molecule is CN(C(=O)CN1CCCC(N)C1)c1ccccc1. The number of piperidine rings is 1. The summed E-state index contributed by atoms with van der Waals surface area (Å²) in [4.78, 5) is 16.0. The number of carbonyl (C=O) groups excluding carboxylic acids is 1. The summed E-state index contributed by atoms with van der Waals surface area (Å²) < 4.78 is 0. The van der Waals surface area contributed by atoms with Gasteiger partial charge in [0.2, 0.25) is 5.91 Å². The molecule has 18 heavy (non-hydrogen) atoms. The van der Waals surface area contributed by atoms with E-state index in [1.807, 2.05) is 37.4 Å². The maximum Gasteiger partial charge on any atom is 0.240 e. The van der Waals surface area contributed by atoms with E-state index < -0.39 is 0 Å². The van der Waals surface area contributed by atoms with Gasteiger partial charge in [-0.25, -0.2) is 0 Å². The number of likely N-dealkylation sites (N-methyl/N-ethyl adjacent to an activating group) is 1. The molecule has 1 aromatic rings. The van der Waals surface area contributed by atoms with E-state index in [-0.39, 0.29) is 11.9 Å². The van der Waals surface area contributed by atoms with Crippen LogP contribution in [0, 0.1) is 0 Å². The molecule has 0 bridgehead atoms. The molecule has 0 saturated carbocycles. The summed E-state index contributed by atoms with van der Waals surface area (Å²) in [6.07, 6.45) is 2.16. The first kappa shape index (κ1) is 13.1. The third-order valence-electron chi connectivity index (χ3n) is 3.42. The van der Waals surface area contributed by atoms with Crippen molar-refractivity contribution >= 4 is 11.6 Å². The number of nitrogens with two attached hydrogens (primary N) is 1. The van der Waals surface area contributed by atoms with E-state index in [0.717, 1.165) is 31.6 Å². The van der Waals surface area contributed by atoms with Gasteiger partial charge in [0.1, 0.15) is 0 Å². The molecule has 1 amide bonds. The largest absolute Gasteiger partial charge is 0.327 e. The van der Waals surface area contributed by atoms with Crippen molar-refractivity contribution in [2.75, 3.05) is 31.6 Å². The molecule has 0 radical (unpaired) electrons. The molecular formula is C14H21N3O. The highest BCUT2D eigenvalue weighted by Gasteiger charge is 2.20. The fourth-order valence-corrected chi connectivity index (χ4v) is 2.33. The molecule has 98 valence electrons. The van der Waals surface area contributed by atoms with Gasteiger partial charge in [0, 0.05) is 25.3 Å². The molecule has 4 heteroatoms. The highest BCUT2D eigenvalue weighted by molar-refractivity contribution is 5.94. The maximum atomic E-state index is 12.2. The standard InChI is InChI=1S/C14H21N3O/c1-16(13-7-3-2-4-8-13)14(18)11-17-9-5-6-12(15)10-17/h2-4,7-8,12H,5-6,9-11,15H2,1H3. The number of benzene rings is 1. The van der Waals surface area contributed by atoms with Crippen molar-refractivity contribution in [3.8, 4) is 0 Å². The summed E-state index contributed by atoms with van der Waals surface area (Å²) in [5, 5.41) is 0. The zero-order valence-electron chi connectivity index (χ0n) is 10.9. The van der Waals surface area contributed by atoms with Crippen LogP contribution in [0.1, 0.15) is 12.8 Å². The van der Waals surface area contributed by atoms with Crippen LogP contribution >= 0.6 is 0 Å². The molecular weight excluding hydrogens is 226 g/mol. The molecule has 0 spiro atoms. The highest BCUT2D eigenvalue weighted by Crippen LogP contribution is 2.13. The molecule has 1 aliphatic rings. The molecule has 1 atom stereocenters. The number of hydrogen-bond donors (Lipinski definition) is 1. The minimum Gasteiger partial charge on any atom is -0.327 e. The van der Waals surface area contributed by atoms with Crippen molar-refractivity contribution in [1.29, 1.82) is 0 Å². The minimum absolute atomic E-state index is 0.121. The van der Waals surface area contributed by atoms with Crippen LogP contribution in [0.5, 0.6) is 0 Å². The average Bonchev–Trinajstić information content (AvgIpc) is 2.39. The Bertz CT molecular complexity index is 393. The van der Waals surface area contributed by atoms with E-state index in [0.29, 0.717) is 6.54 Å². The van der Waals surface area contributed by atoms with Crippen molar-refractivity contribution < 1.29 is 4.79 Å². The predicted octanol–water partition coefficient (Wildman–Crippen LogP) is 1.07. The van der Waals surface area contributed by atoms with Crippen LogP contribution < -0.4 is 10.6 Å². The Labute approximate surface area is 108 Å². The number of rotatable bonds is 3. The summed E-state index contributed by atoms with van der Waals surface area (Å²) >= 11 is 0. The maximum absolute atomic E-state index is 12.2. The molecule has 4 nitrogen and oxygen atoms in total. The number of carbonyl (C=O) groups is 1. The minimum atomic E-state index is 0.121. The fraction of sp³-hybridized carbons (Fsp3) is 0.500. The molecule has 1 aromatic carbocycles. The molecule has 2 rings (SSSR count).